The second-order valence-electron chi connectivity index (χ2n) is 2.85. The zero-order valence-electron chi connectivity index (χ0n) is 7.67. The van der Waals surface area contributed by atoms with Crippen LogP contribution in [-0.2, 0) is 0 Å². The topological polar surface area (TPSA) is 17.1 Å². The van der Waals surface area contributed by atoms with Gasteiger partial charge in [0.1, 0.15) is 0 Å². The molecule has 13 heavy (non-hydrogen) atoms. The summed E-state index contributed by atoms with van der Waals surface area (Å²) in [5.74, 6) is -0.0486. The van der Waals surface area contributed by atoms with Crippen LogP contribution in [-0.4, -0.2) is 5.78 Å². The van der Waals surface area contributed by atoms with E-state index in [9.17, 15) is 4.79 Å². The van der Waals surface area contributed by atoms with E-state index in [0.717, 1.165) is 5.56 Å². The van der Waals surface area contributed by atoms with Crippen molar-refractivity contribution in [3.63, 3.8) is 0 Å². The summed E-state index contributed by atoms with van der Waals surface area (Å²) >= 11 is 5.91. The first-order valence-corrected chi connectivity index (χ1v) is 4.46. The Balaban J connectivity index is 3.09. The third kappa shape index (κ3) is 2.43. The van der Waals surface area contributed by atoms with Gasteiger partial charge in [-0.15, -0.1) is 0 Å². The Kier molecular flexibility index (Phi) is 3.26. The van der Waals surface area contributed by atoms with E-state index in [2.05, 4.69) is 0 Å². The van der Waals surface area contributed by atoms with Gasteiger partial charge < -0.3 is 0 Å². The predicted octanol–water partition coefficient (Wildman–Crippen LogP) is 3.41. The van der Waals surface area contributed by atoms with Gasteiger partial charge in [-0.3, -0.25) is 4.79 Å². The molecule has 0 spiro atoms. The van der Waals surface area contributed by atoms with Crippen molar-refractivity contribution in [2.24, 2.45) is 0 Å². The van der Waals surface area contributed by atoms with Gasteiger partial charge in [0.05, 0.1) is 5.02 Å². The molecule has 0 aliphatic carbocycles. The molecule has 1 aromatic rings. The first kappa shape index (κ1) is 10.0. The number of allylic oxidation sites excluding steroid dienone is 2. The molecule has 68 valence electrons. The van der Waals surface area contributed by atoms with Crippen LogP contribution in [0.15, 0.2) is 30.4 Å². The van der Waals surface area contributed by atoms with Crippen LogP contribution in [0.1, 0.15) is 22.8 Å². The van der Waals surface area contributed by atoms with Crippen molar-refractivity contribution in [1.29, 1.82) is 0 Å². The highest BCUT2D eigenvalue weighted by Gasteiger charge is 2.05. The lowest BCUT2D eigenvalue weighted by Crippen LogP contribution is -1.95. The molecule has 0 aliphatic rings. The molecule has 0 aliphatic heterocycles. The minimum Gasteiger partial charge on any atom is -0.289 e. The number of halogens is 1. The Morgan fingerprint density at radius 2 is 2.15 bits per heavy atom. The molecule has 0 atom stereocenters. The molecule has 0 bridgehead atoms. The summed E-state index contributed by atoms with van der Waals surface area (Å²) in [6.45, 7) is 3.75. The lowest BCUT2D eigenvalue weighted by Gasteiger charge is -2.00. The van der Waals surface area contributed by atoms with Gasteiger partial charge in [0, 0.05) is 5.56 Å². The van der Waals surface area contributed by atoms with Gasteiger partial charge in [-0.05, 0) is 37.6 Å². The van der Waals surface area contributed by atoms with E-state index in [4.69, 9.17) is 11.6 Å². The Labute approximate surface area is 83.0 Å². The minimum absolute atomic E-state index is 0.0486. The molecule has 1 aromatic carbocycles. The minimum atomic E-state index is -0.0486. The Bertz CT molecular complexity index is 353. The number of carbonyl (C=O) groups is 1. The largest absolute Gasteiger partial charge is 0.289 e. The third-order valence-corrected chi connectivity index (χ3v) is 2.02. The fraction of sp³-hybridized carbons (Fsp3) is 0.182. The molecule has 0 saturated carbocycles. The first-order chi connectivity index (χ1) is 6.15. The van der Waals surface area contributed by atoms with Crippen molar-refractivity contribution < 1.29 is 4.79 Å². The molecule has 0 fully saturated rings. The summed E-state index contributed by atoms with van der Waals surface area (Å²) in [4.78, 5) is 11.4. The maximum Gasteiger partial charge on any atom is 0.187 e. The smallest absolute Gasteiger partial charge is 0.187 e. The van der Waals surface area contributed by atoms with E-state index >= 15 is 0 Å². The normalized spacial score (nSPS) is 10.7. The third-order valence-electron chi connectivity index (χ3n) is 1.71. The predicted molar refractivity (Wildman–Crippen MR) is 55.3 cm³/mol. The Morgan fingerprint density at radius 1 is 1.46 bits per heavy atom. The van der Waals surface area contributed by atoms with Gasteiger partial charge in [0.25, 0.3) is 0 Å². The monoisotopic (exact) mass is 194 g/mol. The number of rotatable bonds is 2. The zero-order chi connectivity index (χ0) is 9.84. The van der Waals surface area contributed by atoms with Crippen molar-refractivity contribution >= 4 is 17.4 Å². The van der Waals surface area contributed by atoms with Crippen molar-refractivity contribution in [3.05, 3.63) is 46.5 Å². The second kappa shape index (κ2) is 4.24. The Morgan fingerprint density at radius 3 is 2.69 bits per heavy atom. The average Bonchev–Trinajstić information content (AvgIpc) is 2.04. The average molecular weight is 195 g/mol. The molecular formula is C11H11ClO. The number of benzene rings is 1. The standard InChI is InChI=1S/C11H11ClO/c1-3-4-11(13)9-6-5-8(2)7-10(9)12/h3-7H,1-2H3/b4-3+. The fourth-order valence-corrected chi connectivity index (χ4v) is 1.39. The molecule has 1 rings (SSSR count). The highest BCUT2D eigenvalue weighted by molar-refractivity contribution is 6.34. The molecule has 0 unspecified atom stereocenters. The summed E-state index contributed by atoms with van der Waals surface area (Å²) in [5.41, 5.74) is 1.62. The number of carbonyl (C=O) groups excluding carboxylic acids is 1. The van der Waals surface area contributed by atoms with Crippen LogP contribution in [0.4, 0.5) is 0 Å². The van der Waals surface area contributed by atoms with Crippen molar-refractivity contribution in [3.8, 4) is 0 Å². The van der Waals surface area contributed by atoms with E-state index in [-0.39, 0.29) is 5.78 Å². The maximum atomic E-state index is 11.4. The van der Waals surface area contributed by atoms with Crippen LogP contribution in [0.5, 0.6) is 0 Å². The number of hydrogen-bond acceptors (Lipinski definition) is 1. The molecular weight excluding hydrogens is 184 g/mol. The highest BCUT2D eigenvalue weighted by atomic mass is 35.5. The molecule has 2 heteroatoms. The van der Waals surface area contributed by atoms with Crippen LogP contribution in [0, 0.1) is 6.92 Å². The van der Waals surface area contributed by atoms with Crippen LogP contribution >= 0.6 is 11.6 Å². The molecule has 0 radical (unpaired) electrons. The van der Waals surface area contributed by atoms with E-state index < -0.39 is 0 Å². The Hall–Kier alpha value is -1.08. The van der Waals surface area contributed by atoms with Gasteiger partial charge in [-0.25, -0.2) is 0 Å². The van der Waals surface area contributed by atoms with Gasteiger partial charge >= 0.3 is 0 Å². The quantitative estimate of drug-likeness (QED) is 0.521. The van der Waals surface area contributed by atoms with Gasteiger partial charge in [0.15, 0.2) is 5.78 Å². The molecule has 0 N–H and O–H groups in total. The van der Waals surface area contributed by atoms with Gasteiger partial charge in [0.2, 0.25) is 0 Å². The highest BCUT2D eigenvalue weighted by Crippen LogP contribution is 2.18. The molecule has 0 saturated heterocycles. The summed E-state index contributed by atoms with van der Waals surface area (Å²) < 4.78 is 0. The van der Waals surface area contributed by atoms with Gasteiger partial charge in [-0.1, -0.05) is 23.7 Å². The summed E-state index contributed by atoms with van der Waals surface area (Å²) in [7, 11) is 0. The number of ketones is 1. The SMILES string of the molecule is C/C=C/C(=O)c1ccc(C)cc1Cl. The van der Waals surface area contributed by atoms with Gasteiger partial charge in [-0.2, -0.15) is 0 Å². The molecule has 0 amide bonds. The van der Waals surface area contributed by atoms with E-state index in [1.807, 2.05) is 13.0 Å². The van der Waals surface area contributed by atoms with Crippen LogP contribution in [0.25, 0.3) is 0 Å². The summed E-state index contributed by atoms with van der Waals surface area (Å²) in [6, 6.07) is 5.42. The van der Waals surface area contributed by atoms with Crippen molar-refractivity contribution in [2.45, 2.75) is 13.8 Å². The van der Waals surface area contributed by atoms with Crippen molar-refractivity contribution in [1.82, 2.24) is 0 Å². The van der Waals surface area contributed by atoms with Crippen LogP contribution < -0.4 is 0 Å². The van der Waals surface area contributed by atoms with Crippen molar-refractivity contribution in [2.75, 3.05) is 0 Å². The summed E-state index contributed by atoms with van der Waals surface area (Å²) in [6.07, 6.45) is 3.22. The number of aryl methyl sites for hydroxylation is 1. The molecule has 0 heterocycles. The zero-order valence-corrected chi connectivity index (χ0v) is 8.43. The van der Waals surface area contributed by atoms with Crippen LogP contribution in [0.3, 0.4) is 0 Å². The van der Waals surface area contributed by atoms with Crippen LogP contribution in [0.2, 0.25) is 5.02 Å². The number of hydrogen-bond donors (Lipinski definition) is 0. The fourth-order valence-electron chi connectivity index (χ4n) is 1.06. The van der Waals surface area contributed by atoms with E-state index in [1.54, 1.807) is 25.1 Å². The second-order valence-corrected chi connectivity index (χ2v) is 3.25. The lowest BCUT2D eigenvalue weighted by atomic mass is 10.1. The first-order valence-electron chi connectivity index (χ1n) is 4.08. The molecule has 1 nitrogen and oxygen atoms in total. The van der Waals surface area contributed by atoms with E-state index in [1.165, 1.54) is 6.08 Å². The van der Waals surface area contributed by atoms with E-state index in [0.29, 0.717) is 10.6 Å². The lowest BCUT2D eigenvalue weighted by molar-refractivity contribution is 0.104. The summed E-state index contributed by atoms with van der Waals surface area (Å²) in [5, 5.41) is 0.517. The molecule has 0 aromatic heterocycles. The maximum absolute atomic E-state index is 11.4.